The molecule has 4 nitrogen and oxygen atoms in total. The number of hydrogen-bond donors (Lipinski definition) is 1. The highest BCUT2D eigenvalue weighted by Crippen LogP contribution is 2.12. The van der Waals surface area contributed by atoms with Crippen LogP contribution in [0.1, 0.15) is 65.3 Å². The number of hydrogen-bond acceptors (Lipinski definition) is 4. The molecule has 0 bridgehead atoms. The average Bonchev–Trinajstić information content (AvgIpc) is 2.38. The van der Waals surface area contributed by atoms with Gasteiger partial charge in [0.2, 0.25) is 5.95 Å². The molecule has 1 aromatic rings. The molecule has 0 aliphatic carbocycles. The van der Waals surface area contributed by atoms with Crippen molar-refractivity contribution in [3.05, 3.63) is 11.4 Å². The van der Waals surface area contributed by atoms with E-state index in [2.05, 4.69) is 55.1 Å². The number of anilines is 1. The van der Waals surface area contributed by atoms with Crippen molar-refractivity contribution in [3.8, 4) is 0 Å². The summed E-state index contributed by atoms with van der Waals surface area (Å²) in [4.78, 5) is 4.56. The Morgan fingerprint density at radius 2 is 1.63 bits per heavy atom. The number of aryl methyl sites for hydroxylation is 2. The van der Waals surface area contributed by atoms with Gasteiger partial charge >= 0.3 is 0 Å². The van der Waals surface area contributed by atoms with Gasteiger partial charge in [-0.25, -0.2) is 4.98 Å². The third-order valence-electron chi connectivity index (χ3n) is 3.30. The van der Waals surface area contributed by atoms with Gasteiger partial charge < -0.3 is 5.32 Å². The van der Waals surface area contributed by atoms with Crippen molar-refractivity contribution in [1.82, 2.24) is 15.2 Å². The van der Waals surface area contributed by atoms with E-state index in [0.717, 1.165) is 36.6 Å². The molecule has 4 heteroatoms. The molecule has 1 N–H and O–H groups in total. The first kappa shape index (κ1) is 15.9. The largest absolute Gasteiger partial charge is 0.350 e. The second-order valence-corrected chi connectivity index (χ2v) is 5.61. The fourth-order valence-electron chi connectivity index (χ4n) is 2.12. The Balaban J connectivity index is 2.52. The van der Waals surface area contributed by atoms with E-state index >= 15 is 0 Å². The van der Waals surface area contributed by atoms with Gasteiger partial charge in [-0.2, -0.15) is 5.10 Å². The standard InChI is InChI=1S/C15H28N4/c1-6-13-14(7-2)18-19-15(17-13)16-12(5)10-8-9-11(3)4/h11-12H,6-10H2,1-5H3,(H,16,17,19). The Morgan fingerprint density at radius 3 is 2.21 bits per heavy atom. The minimum atomic E-state index is 0.401. The summed E-state index contributed by atoms with van der Waals surface area (Å²) in [5, 5.41) is 11.8. The molecule has 0 saturated carbocycles. The lowest BCUT2D eigenvalue weighted by Crippen LogP contribution is -2.19. The fraction of sp³-hybridized carbons (Fsp3) is 0.800. The summed E-state index contributed by atoms with van der Waals surface area (Å²) in [7, 11) is 0. The molecule has 1 rings (SSSR count). The Morgan fingerprint density at radius 1 is 0.947 bits per heavy atom. The molecule has 0 aromatic carbocycles. The van der Waals surface area contributed by atoms with Crippen LogP contribution in [0.4, 0.5) is 5.95 Å². The molecule has 1 heterocycles. The zero-order valence-electron chi connectivity index (χ0n) is 13.0. The van der Waals surface area contributed by atoms with Crippen LogP contribution >= 0.6 is 0 Å². The minimum Gasteiger partial charge on any atom is -0.350 e. The highest BCUT2D eigenvalue weighted by atomic mass is 15.2. The first-order valence-electron chi connectivity index (χ1n) is 7.55. The van der Waals surface area contributed by atoms with E-state index in [1.54, 1.807) is 0 Å². The van der Waals surface area contributed by atoms with E-state index in [4.69, 9.17) is 0 Å². The van der Waals surface area contributed by atoms with E-state index in [0.29, 0.717) is 12.0 Å². The van der Waals surface area contributed by atoms with E-state index < -0.39 is 0 Å². The quantitative estimate of drug-likeness (QED) is 0.779. The molecule has 108 valence electrons. The van der Waals surface area contributed by atoms with Crippen molar-refractivity contribution in [1.29, 1.82) is 0 Å². The molecule has 0 saturated heterocycles. The summed E-state index contributed by atoms with van der Waals surface area (Å²) < 4.78 is 0. The molecule has 0 spiro atoms. The Bertz CT molecular complexity index is 376. The van der Waals surface area contributed by atoms with Gasteiger partial charge in [0, 0.05) is 6.04 Å². The summed E-state index contributed by atoms with van der Waals surface area (Å²) in [5.41, 5.74) is 2.08. The normalized spacial score (nSPS) is 12.7. The number of nitrogens with zero attached hydrogens (tertiary/aromatic N) is 3. The molecule has 0 aliphatic heterocycles. The molecule has 1 atom stereocenters. The second kappa shape index (κ2) is 8.08. The van der Waals surface area contributed by atoms with Crippen LogP contribution in [0.25, 0.3) is 0 Å². The zero-order valence-corrected chi connectivity index (χ0v) is 13.0. The Hall–Kier alpha value is -1.19. The van der Waals surface area contributed by atoms with Gasteiger partial charge in [0.25, 0.3) is 0 Å². The fourth-order valence-corrected chi connectivity index (χ4v) is 2.12. The van der Waals surface area contributed by atoms with Gasteiger partial charge in [-0.05, 0) is 32.1 Å². The van der Waals surface area contributed by atoms with Crippen LogP contribution in [0.5, 0.6) is 0 Å². The van der Waals surface area contributed by atoms with Crippen molar-refractivity contribution in [2.24, 2.45) is 5.92 Å². The highest BCUT2D eigenvalue weighted by molar-refractivity contribution is 5.26. The molecular weight excluding hydrogens is 236 g/mol. The molecule has 0 radical (unpaired) electrons. The van der Waals surface area contributed by atoms with Crippen LogP contribution in [-0.2, 0) is 12.8 Å². The predicted octanol–water partition coefficient (Wildman–Crippen LogP) is 3.62. The topological polar surface area (TPSA) is 50.7 Å². The summed E-state index contributed by atoms with van der Waals surface area (Å²) in [6.45, 7) is 10.9. The maximum absolute atomic E-state index is 4.56. The second-order valence-electron chi connectivity index (χ2n) is 5.61. The van der Waals surface area contributed by atoms with Crippen LogP contribution in [0.15, 0.2) is 0 Å². The van der Waals surface area contributed by atoms with E-state index in [1.807, 2.05) is 0 Å². The monoisotopic (exact) mass is 264 g/mol. The van der Waals surface area contributed by atoms with Crippen LogP contribution < -0.4 is 5.32 Å². The number of rotatable bonds is 8. The lowest BCUT2D eigenvalue weighted by molar-refractivity contribution is 0.519. The van der Waals surface area contributed by atoms with Crippen LogP contribution in [-0.4, -0.2) is 21.2 Å². The minimum absolute atomic E-state index is 0.401. The zero-order chi connectivity index (χ0) is 14.3. The van der Waals surface area contributed by atoms with Crippen LogP contribution in [0.3, 0.4) is 0 Å². The maximum Gasteiger partial charge on any atom is 0.243 e. The van der Waals surface area contributed by atoms with Gasteiger partial charge in [0.1, 0.15) is 0 Å². The summed E-state index contributed by atoms with van der Waals surface area (Å²) in [5.74, 6) is 1.45. The SMILES string of the molecule is CCc1nnc(NC(C)CCCC(C)C)nc1CC. The summed E-state index contributed by atoms with van der Waals surface area (Å²) in [6.07, 6.45) is 5.48. The van der Waals surface area contributed by atoms with Gasteiger partial charge in [0.15, 0.2) is 0 Å². The van der Waals surface area contributed by atoms with Crippen LogP contribution in [0, 0.1) is 5.92 Å². The van der Waals surface area contributed by atoms with Crippen molar-refractivity contribution in [2.75, 3.05) is 5.32 Å². The maximum atomic E-state index is 4.56. The molecule has 0 aliphatic rings. The van der Waals surface area contributed by atoms with Gasteiger partial charge in [0.05, 0.1) is 11.4 Å². The van der Waals surface area contributed by atoms with Crippen molar-refractivity contribution >= 4 is 5.95 Å². The smallest absolute Gasteiger partial charge is 0.243 e. The highest BCUT2D eigenvalue weighted by Gasteiger charge is 2.09. The number of aromatic nitrogens is 3. The van der Waals surface area contributed by atoms with E-state index in [9.17, 15) is 0 Å². The summed E-state index contributed by atoms with van der Waals surface area (Å²) in [6, 6.07) is 0.401. The van der Waals surface area contributed by atoms with Crippen molar-refractivity contribution in [2.45, 2.75) is 72.8 Å². The molecule has 0 fully saturated rings. The Labute approximate surface area is 117 Å². The van der Waals surface area contributed by atoms with E-state index in [-0.39, 0.29) is 0 Å². The third kappa shape index (κ3) is 5.53. The molecule has 0 amide bonds. The molecule has 1 aromatic heterocycles. The third-order valence-corrected chi connectivity index (χ3v) is 3.30. The lowest BCUT2D eigenvalue weighted by atomic mass is 10.0. The summed E-state index contributed by atoms with van der Waals surface area (Å²) >= 11 is 0. The Kier molecular flexibility index (Phi) is 6.74. The number of nitrogens with one attached hydrogen (secondary N) is 1. The van der Waals surface area contributed by atoms with Gasteiger partial charge in [-0.1, -0.05) is 40.5 Å². The first-order valence-corrected chi connectivity index (χ1v) is 7.55. The van der Waals surface area contributed by atoms with Gasteiger partial charge in [-0.3, -0.25) is 0 Å². The van der Waals surface area contributed by atoms with Crippen LogP contribution in [0.2, 0.25) is 0 Å². The van der Waals surface area contributed by atoms with Crippen molar-refractivity contribution < 1.29 is 0 Å². The van der Waals surface area contributed by atoms with Gasteiger partial charge in [-0.15, -0.1) is 5.10 Å². The predicted molar refractivity (Wildman–Crippen MR) is 80.4 cm³/mol. The molecule has 19 heavy (non-hydrogen) atoms. The first-order chi connectivity index (χ1) is 9.06. The molecule has 1 unspecified atom stereocenters. The van der Waals surface area contributed by atoms with E-state index in [1.165, 1.54) is 12.8 Å². The molecular formula is C15H28N4. The average molecular weight is 264 g/mol. The lowest BCUT2D eigenvalue weighted by Gasteiger charge is -2.15. The van der Waals surface area contributed by atoms with Crippen molar-refractivity contribution in [3.63, 3.8) is 0 Å².